The van der Waals surface area contributed by atoms with Crippen LogP contribution in [-0.2, 0) is 24.8 Å². The molecule has 8 nitrogen and oxygen atoms in total. The molecule has 0 aliphatic carbocycles. The molecule has 0 saturated heterocycles. The zero-order chi connectivity index (χ0) is 21.4. The number of ether oxygens (including phenoxy) is 2. The first-order valence-electron chi connectivity index (χ1n) is 9.02. The van der Waals surface area contributed by atoms with Gasteiger partial charge in [-0.25, -0.2) is 4.79 Å². The highest BCUT2D eigenvalue weighted by molar-refractivity contribution is 7.99. The third-order valence-corrected chi connectivity index (χ3v) is 4.69. The van der Waals surface area contributed by atoms with Crippen molar-refractivity contribution in [3.05, 3.63) is 46.8 Å². The summed E-state index contributed by atoms with van der Waals surface area (Å²) in [5, 5.41) is 6.46. The number of aromatic nitrogens is 1. The van der Waals surface area contributed by atoms with Gasteiger partial charge in [0.15, 0.2) is 6.61 Å². The zero-order valence-electron chi connectivity index (χ0n) is 16.8. The third-order valence-electron chi connectivity index (χ3n) is 3.76. The number of aryl methyl sites for hydroxylation is 2. The number of amides is 1. The van der Waals surface area contributed by atoms with E-state index in [1.54, 1.807) is 38.1 Å². The molecule has 2 aromatic rings. The molecule has 0 atom stereocenters. The van der Waals surface area contributed by atoms with Gasteiger partial charge in [0.25, 0.3) is 5.91 Å². The second-order valence-corrected chi connectivity index (χ2v) is 7.52. The minimum absolute atomic E-state index is 0.115. The number of nitrogens with zero attached hydrogens (tertiary/aromatic N) is 1. The summed E-state index contributed by atoms with van der Waals surface area (Å²) in [5.41, 5.74) is 2.63. The van der Waals surface area contributed by atoms with E-state index in [9.17, 15) is 14.4 Å². The monoisotopic (exact) mass is 420 g/mol. The normalized spacial score (nSPS) is 10.7. The lowest BCUT2D eigenvalue weighted by molar-refractivity contribution is -0.144. The summed E-state index contributed by atoms with van der Waals surface area (Å²) in [7, 11) is 0. The molecular weight excluding hydrogens is 396 g/mol. The Bertz CT molecular complexity index is 841. The molecule has 2 rings (SSSR count). The molecule has 156 valence electrons. The van der Waals surface area contributed by atoms with Crippen LogP contribution in [0.3, 0.4) is 0 Å². The van der Waals surface area contributed by atoms with Gasteiger partial charge >= 0.3 is 11.9 Å². The molecular formula is C20H24N2O6S. The van der Waals surface area contributed by atoms with E-state index in [0.717, 1.165) is 17.0 Å². The molecule has 0 saturated carbocycles. The van der Waals surface area contributed by atoms with Gasteiger partial charge in [-0.15, -0.1) is 11.8 Å². The first kappa shape index (κ1) is 22.5. The highest BCUT2D eigenvalue weighted by Gasteiger charge is 2.13. The standard InChI is InChI=1S/C20H24N2O6S/c1-12(2)27-20(25)15-5-7-16(8-6-15)21-18(23)9-26-19(24)11-29-10-17-13(3)22-28-14(17)4/h5-8,12H,9-11H2,1-4H3,(H,21,23). The number of thioether (sulfide) groups is 1. The Morgan fingerprint density at radius 3 is 2.45 bits per heavy atom. The second-order valence-electron chi connectivity index (χ2n) is 6.54. The predicted molar refractivity (Wildman–Crippen MR) is 109 cm³/mol. The van der Waals surface area contributed by atoms with Crippen molar-refractivity contribution < 1.29 is 28.4 Å². The topological polar surface area (TPSA) is 108 Å². The van der Waals surface area contributed by atoms with Crippen molar-refractivity contribution >= 4 is 35.3 Å². The number of rotatable bonds is 9. The van der Waals surface area contributed by atoms with Gasteiger partial charge in [-0.2, -0.15) is 0 Å². The van der Waals surface area contributed by atoms with Crippen LogP contribution < -0.4 is 5.32 Å². The summed E-state index contributed by atoms with van der Waals surface area (Å²) >= 11 is 1.36. The Morgan fingerprint density at radius 1 is 1.17 bits per heavy atom. The van der Waals surface area contributed by atoms with Crippen LogP contribution >= 0.6 is 11.8 Å². The van der Waals surface area contributed by atoms with E-state index in [1.165, 1.54) is 11.8 Å². The number of anilines is 1. The van der Waals surface area contributed by atoms with Crippen LogP contribution in [0.1, 0.15) is 41.2 Å². The molecule has 1 aromatic carbocycles. The first-order valence-corrected chi connectivity index (χ1v) is 10.2. The highest BCUT2D eigenvalue weighted by atomic mass is 32.2. The Balaban J connectivity index is 1.71. The second kappa shape index (κ2) is 10.7. The third kappa shape index (κ3) is 7.26. The van der Waals surface area contributed by atoms with Crippen molar-refractivity contribution in [3.63, 3.8) is 0 Å². The smallest absolute Gasteiger partial charge is 0.338 e. The fourth-order valence-corrected chi connectivity index (χ4v) is 3.27. The van der Waals surface area contributed by atoms with Gasteiger partial charge in [-0.1, -0.05) is 5.16 Å². The van der Waals surface area contributed by atoms with Gasteiger partial charge < -0.3 is 19.3 Å². The van der Waals surface area contributed by atoms with Crippen LogP contribution in [0, 0.1) is 13.8 Å². The summed E-state index contributed by atoms with van der Waals surface area (Å²) in [6.45, 7) is 6.81. The fraction of sp³-hybridized carbons (Fsp3) is 0.400. The number of nitrogens with one attached hydrogen (secondary N) is 1. The Kier molecular flexibility index (Phi) is 8.26. The molecule has 1 aromatic heterocycles. The van der Waals surface area contributed by atoms with Crippen LogP contribution in [-0.4, -0.2) is 41.5 Å². The molecule has 0 aliphatic rings. The fourth-order valence-electron chi connectivity index (χ4n) is 2.30. The number of esters is 2. The van der Waals surface area contributed by atoms with Crippen molar-refractivity contribution in [1.82, 2.24) is 5.16 Å². The van der Waals surface area contributed by atoms with Crippen LogP contribution in [0.15, 0.2) is 28.8 Å². The number of carbonyl (C=O) groups is 3. The Labute approximate surface area is 173 Å². The molecule has 1 amide bonds. The molecule has 0 unspecified atom stereocenters. The lowest BCUT2D eigenvalue weighted by Gasteiger charge is -2.09. The van der Waals surface area contributed by atoms with Crippen molar-refractivity contribution in [3.8, 4) is 0 Å². The van der Waals surface area contributed by atoms with Gasteiger partial charge in [0.05, 0.1) is 23.1 Å². The van der Waals surface area contributed by atoms with Crippen LogP contribution in [0.5, 0.6) is 0 Å². The van der Waals surface area contributed by atoms with Crippen molar-refractivity contribution in [2.45, 2.75) is 39.6 Å². The van der Waals surface area contributed by atoms with E-state index in [0.29, 0.717) is 17.0 Å². The van der Waals surface area contributed by atoms with Crippen molar-refractivity contribution in [2.75, 3.05) is 17.7 Å². The van der Waals surface area contributed by atoms with E-state index in [2.05, 4.69) is 10.5 Å². The van der Waals surface area contributed by atoms with Gasteiger partial charge in [0.2, 0.25) is 0 Å². The summed E-state index contributed by atoms with van der Waals surface area (Å²) in [4.78, 5) is 35.5. The van der Waals surface area contributed by atoms with E-state index in [1.807, 2.05) is 13.8 Å². The molecule has 0 spiro atoms. The molecule has 1 heterocycles. The zero-order valence-corrected chi connectivity index (χ0v) is 17.6. The van der Waals surface area contributed by atoms with E-state index in [4.69, 9.17) is 14.0 Å². The van der Waals surface area contributed by atoms with E-state index < -0.39 is 17.8 Å². The summed E-state index contributed by atoms with van der Waals surface area (Å²) < 4.78 is 15.1. The van der Waals surface area contributed by atoms with E-state index in [-0.39, 0.29) is 18.5 Å². The number of hydrogen-bond acceptors (Lipinski definition) is 8. The maximum Gasteiger partial charge on any atom is 0.338 e. The molecule has 1 N–H and O–H groups in total. The minimum atomic E-state index is -0.483. The summed E-state index contributed by atoms with van der Waals surface area (Å²) in [6.07, 6.45) is -0.209. The summed E-state index contributed by atoms with van der Waals surface area (Å²) in [5.74, 6) is 0.0420. The summed E-state index contributed by atoms with van der Waals surface area (Å²) in [6, 6.07) is 6.27. The lowest BCUT2D eigenvalue weighted by atomic mass is 10.2. The number of hydrogen-bond donors (Lipinski definition) is 1. The Hall–Kier alpha value is -2.81. The van der Waals surface area contributed by atoms with Crippen LogP contribution in [0.25, 0.3) is 0 Å². The maximum absolute atomic E-state index is 11.9. The van der Waals surface area contributed by atoms with Gasteiger partial charge in [-0.05, 0) is 52.0 Å². The lowest BCUT2D eigenvalue weighted by Crippen LogP contribution is -2.21. The number of carbonyl (C=O) groups excluding carboxylic acids is 3. The molecule has 0 bridgehead atoms. The van der Waals surface area contributed by atoms with Gasteiger partial charge in [-0.3, -0.25) is 9.59 Å². The van der Waals surface area contributed by atoms with Crippen LogP contribution in [0.4, 0.5) is 5.69 Å². The maximum atomic E-state index is 11.9. The molecule has 0 aliphatic heterocycles. The Morgan fingerprint density at radius 2 is 1.86 bits per heavy atom. The molecule has 0 radical (unpaired) electrons. The quantitative estimate of drug-likeness (QED) is 0.616. The van der Waals surface area contributed by atoms with Crippen molar-refractivity contribution in [2.24, 2.45) is 0 Å². The predicted octanol–water partition coefficient (Wildman–Crippen LogP) is 3.27. The van der Waals surface area contributed by atoms with Crippen LogP contribution in [0.2, 0.25) is 0 Å². The SMILES string of the molecule is Cc1noc(C)c1CSCC(=O)OCC(=O)Nc1ccc(C(=O)OC(C)C)cc1. The van der Waals surface area contributed by atoms with Gasteiger partial charge in [0, 0.05) is 17.0 Å². The molecule has 9 heteroatoms. The molecule has 29 heavy (non-hydrogen) atoms. The first-order chi connectivity index (χ1) is 13.8. The van der Waals surface area contributed by atoms with Gasteiger partial charge in [0.1, 0.15) is 5.76 Å². The molecule has 0 fully saturated rings. The van der Waals surface area contributed by atoms with E-state index >= 15 is 0 Å². The average Bonchev–Trinajstić information content (AvgIpc) is 2.98. The van der Waals surface area contributed by atoms with Crippen molar-refractivity contribution in [1.29, 1.82) is 0 Å². The number of benzene rings is 1. The minimum Gasteiger partial charge on any atom is -0.459 e. The average molecular weight is 420 g/mol. The largest absolute Gasteiger partial charge is 0.459 e. The highest BCUT2D eigenvalue weighted by Crippen LogP contribution is 2.19.